The van der Waals surface area contributed by atoms with Crippen molar-refractivity contribution in [1.82, 2.24) is 19.2 Å². The summed E-state index contributed by atoms with van der Waals surface area (Å²) in [7, 11) is 2.18. The van der Waals surface area contributed by atoms with Crippen LogP contribution in [0.5, 0.6) is 0 Å². The van der Waals surface area contributed by atoms with Crippen molar-refractivity contribution in [2.75, 3.05) is 62.8 Å². The first-order valence-corrected chi connectivity index (χ1v) is 10.5. The first-order valence-electron chi connectivity index (χ1n) is 9.77. The molecule has 1 aromatic heterocycles. The number of benzene rings is 1. The molecule has 6 nitrogen and oxygen atoms in total. The van der Waals surface area contributed by atoms with Gasteiger partial charge in [-0.25, -0.2) is 14.3 Å². The molecule has 0 N–H and O–H groups in total. The summed E-state index contributed by atoms with van der Waals surface area (Å²) < 4.78 is 2.48. The van der Waals surface area contributed by atoms with Gasteiger partial charge in [-0.15, -0.1) is 0 Å². The maximum atomic E-state index is 4.36. The molecule has 0 amide bonds. The quantitative estimate of drug-likeness (QED) is 0.560. The van der Waals surface area contributed by atoms with Gasteiger partial charge in [0.05, 0.1) is 12.4 Å². The summed E-state index contributed by atoms with van der Waals surface area (Å²) in [5, 5.41) is 0. The zero-order chi connectivity index (χ0) is 18.5. The molecule has 1 aromatic carbocycles. The molecule has 0 aliphatic carbocycles. The third kappa shape index (κ3) is 4.72. The second kappa shape index (κ2) is 8.91. The van der Waals surface area contributed by atoms with Crippen LogP contribution in [0, 0.1) is 0 Å². The third-order valence-electron chi connectivity index (χ3n) is 5.21. The Balaban J connectivity index is 1.15. The molecule has 27 heavy (non-hydrogen) atoms. The SMILES string of the molecule is CN1CN(CCCCN2CCN(c3ncccn3)CC2)Sc2ccccc21. The van der Waals surface area contributed by atoms with Crippen molar-refractivity contribution in [2.45, 2.75) is 17.7 Å². The molecule has 0 saturated carbocycles. The van der Waals surface area contributed by atoms with Crippen LogP contribution in [0.15, 0.2) is 47.6 Å². The Morgan fingerprint density at radius 2 is 1.67 bits per heavy atom. The van der Waals surface area contributed by atoms with E-state index in [9.17, 15) is 0 Å². The summed E-state index contributed by atoms with van der Waals surface area (Å²) in [6, 6.07) is 10.5. The summed E-state index contributed by atoms with van der Waals surface area (Å²) in [5.41, 5.74) is 1.35. The van der Waals surface area contributed by atoms with Gasteiger partial charge < -0.3 is 9.80 Å². The fourth-order valence-electron chi connectivity index (χ4n) is 3.70. The maximum Gasteiger partial charge on any atom is 0.225 e. The number of hydrogen-bond donors (Lipinski definition) is 0. The normalized spacial score (nSPS) is 18.6. The predicted molar refractivity (Wildman–Crippen MR) is 112 cm³/mol. The third-order valence-corrected chi connectivity index (χ3v) is 6.31. The van der Waals surface area contributed by atoms with E-state index in [0.29, 0.717) is 0 Å². The number of nitrogens with zero attached hydrogens (tertiary/aromatic N) is 6. The lowest BCUT2D eigenvalue weighted by molar-refractivity contribution is 0.249. The van der Waals surface area contributed by atoms with Gasteiger partial charge in [0, 0.05) is 57.1 Å². The fourth-order valence-corrected chi connectivity index (χ4v) is 4.88. The van der Waals surface area contributed by atoms with E-state index in [1.807, 2.05) is 30.4 Å². The van der Waals surface area contributed by atoms with E-state index < -0.39 is 0 Å². The number of para-hydroxylation sites is 1. The lowest BCUT2D eigenvalue weighted by atomic mass is 10.2. The van der Waals surface area contributed by atoms with Crippen molar-refractivity contribution in [3.63, 3.8) is 0 Å². The van der Waals surface area contributed by atoms with Crippen LogP contribution in [0.2, 0.25) is 0 Å². The van der Waals surface area contributed by atoms with Gasteiger partial charge in [-0.1, -0.05) is 12.1 Å². The summed E-state index contributed by atoms with van der Waals surface area (Å²) in [4.78, 5) is 17.3. The molecule has 1 saturated heterocycles. The van der Waals surface area contributed by atoms with Crippen molar-refractivity contribution >= 4 is 23.6 Å². The van der Waals surface area contributed by atoms with Gasteiger partial charge in [0.15, 0.2) is 0 Å². The van der Waals surface area contributed by atoms with Gasteiger partial charge in [-0.3, -0.25) is 4.90 Å². The second-order valence-corrected chi connectivity index (χ2v) is 8.33. The standard InChI is InChI=1S/C20H28N6S/c1-23-17-26(27-19-8-3-2-7-18(19)23)12-5-4-11-24-13-15-25(16-14-24)20-21-9-6-10-22-20/h2-3,6-10H,4-5,11-17H2,1H3. The first kappa shape index (κ1) is 18.5. The monoisotopic (exact) mass is 384 g/mol. The number of aromatic nitrogens is 2. The highest BCUT2D eigenvalue weighted by atomic mass is 32.2. The van der Waals surface area contributed by atoms with Gasteiger partial charge in [-0.05, 0) is 49.5 Å². The Labute approximate surface area is 166 Å². The van der Waals surface area contributed by atoms with E-state index in [0.717, 1.165) is 45.3 Å². The van der Waals surface area contributed by atoms with Crippen LogP contribution < -0.4 is 9.80 Å². The number of piperazine rings is 1. The Morgan fingerprint density at radius 3 is 2.48 bits per heavy atom. The first-order chi connectivity index (χ1) is 13.3. The number of unbranched alkanes of at least 4 members (excludes halogenated alkanes) is 1. The zero-order valence-corrected chi connectivity index (χ0v) is 16.8. The van der Waals surface area contributed by atoms with Crippen molar-refractivity contribution in [3.8, 4) is 0 Å². The predicted octanol–water partition coefficient (Wildman–Crippen LogP) is 2.80. The Hall–Kier alpha value is -1.83. The lowest BCUT2D eigenvalue weighted by Gasteiger charge is -2.36. The minimum Gasteiger partial charge on any atom is -0.360 e. The molecule has 0 radical (unpaired) electrons. The Kier molecular flexibility index (Phi) is 6.11. The highest BCUT2D eigenvalue weighted by molar-refractivity contribution is 7.97. The summed E-state index contributed by atoms with van der Waals surface area (Å²) in [6.07, 6.45) is 6.14. The van der Waals surface area contributed by atoms with Crippen molar-refractivity contribution in [2.24, 2.45) is 0 Å². The molecule has 3 heterocycles. The number of rotatable bonds is 6. The highest BCUT2D eigenvalue weighted by Crippen LogP contribution is 2.36. The molecule has 2 aliphatic heterocycles. The molecule has 0 atom stereocenters. The van der Waals surface area contributed by atoms with Gasteiger partial charge >= 0.3 is 0 Å². The molecule has 2 aliphatic rings. The summed E-state index contributed by atoms with van der Waals surface area (Å²) >= 11 is 1.90. The molecule has 0 unspecified atom stereocenters. The molecule has 2 aromatic rings. The maximum absolute atomic E-state index is 4.36. The van der Waals surface area contributed by atoms with Crippen LogP contribution in [-0.4, -0.2) is 72.2 Å². The van der Waals surface area contributed by atoms with Crippen LogP contribution in [-0.2, 0) is 0 Å². The molecule has 0 bridgehead atoms. The smallest absolute Gasteiger partial charge is 0.225 e. The summed E-state index contributed by atoms with van der Waals surface area (Å²) in [5.74, 6) is 0.865. The van der Waals surface area contributed by atoms with E-state index in [1.165, 1.54) is 30.0 Å². The van der Waals surface area contributed by atoms with Crippen molar-refractivity contribution in [1.29, 1.82) is 0 Å². The average Bonchev–Trinajstić information content (AvgIpc) is 2.72. The van der Waals surface area contributed by atoms with E-state index in [2.05, 4.69) is 60.3 Å². The van der Waals surface area contributed by atoms with E-state index in [4.69, 9.17) is 0 Å². The zero-order valence-electron chi connectivity index (χ0n) is 16.0. The van der Waals surface area contributed by atoms with Crippen LogP contribution >= 0.6 is 11.9 Å². The van der Waals surface area contributed by atoms with Gasteiger partial charge in [-0.2, -0.15) is 0 Å². The lowest BCUT2D eigenvalue weighted by Crippen LogP contribution is -2.47. The number of hydrogen-bond acceptors (Lipinski definition) is 7. The van der Waals surface area contributed by atoms with Crippen LogP contribution in [0.1, 0.15) is 12.8 Å². The number of anilines is 2. The topological polar surface area (TPSA) is 38.7 Å². The van der Waals surface area contributed by atoms with Gasteiger partial charge in [0.25, 0.3) is 0 Å². The minimum absolute atomic E-state index is 0.865. The molecule has 0 spiro atoms. The molecular formula is C20H28N6S. The van der Waals surface area contributed by atoms with E-state index >= 15 is 0 Å². The molecule has 7 heteroatoms. The van der Waals surface area contributed by atoms with Crippen molar-refractivity contribution in [3.05, 3.63) is 42.7 Å². The molecule has 1 fully saturated rings. The molecular weight excluding hydrogens is 356 g/mol. The number of fused-ring (bicyclic) bond motifs is 1. The van der Waals surface area contributed by atoms with Crippen molar-refractivity contribution < 1.29 is 0 Å². The van der Waals surface area contributed by atoms with E-state index in [1.54, 1.807) is 0 Å². The van der Waals surface area contributed by atoms with E-state index in [-0.39, 0.29) is 0 Å². The second-order valence-electron chi connectivity index (χ2n) is 7.19. The summed E-state index contributed by atoms with van der Waals surface area (Å²) in [6.45, 7) is 7.58. The fraction of sp³-hybridized carbons (Fsp3) is 0.500. The minimum atomic E-state index is 0.865. The largest absolute Gasteiger partial charge is 0.360 e. The average molecular weight is 385 g/mol. The Morgan fingerprint density at radius 1 is 0.926 bits per heavy atom. The molecule has 144 valence electrons. The van der Waals surface area contributed by atoms with Gasteiger partial charge in [0.1, 0.15) is 0 Å². The van der Waals surface area contributed by atoms with Crippen LogP contribution in [0.25, 0.3) is 0 Å². The van der Waals surface area contributed by atoms with Crippen LogP contribution in [0.3, 0.4) is 0 Å². The Bertz CT molecular complexity index is 719. The molecule has 4 rings (SSSR count). The van der Waals surface area contributed by atoms with Gasteiger partial charge in [0.2, 0.25) is 5.95 Å². The van der Waals surface area contributed by atoms with Crippen LogP contribution in [0.4, 0.5) is 11.6 Å². The highest BCUT2D eigenvalue weighted by Gasteiger charge is 2.21.